The highest BCUT2D eigenvalue weighted by molar-refractivity contribution is 5.76. The second-order valence-corrected chi connectivity index (χ2v) is 16.5. The second kappa shape index (κ2) is 42.8. The van der Waals surface area contributed by atoms with Crippen molar-refractivity contribution in [1.29, 1.82) is 0 Å². The van der Waals surface area contributed by atoms with Crippen molar-refractivity contribution in [1.82, 2.24) is 5.32 Å². The standard InChI is InChI=1S/C54H89NO8/c1-3-5-7-9-11-13-15-17-19-21-22-23-24-25-26-28-30-32-34-36-38-40-42-44-50(58)55-47(46-62-54-53(61)52(60)51(59)49(45-56)63-54)48(57)43-41-39-37-35-33-31-29-27-20-18-16-14-12-10-8-6-4-2/h5,7,11,13,17,19,22-23,25-26,30,32-33,35-36,38,41,43,47-49,51-54,56-57,59-61H,3-4,6,8-10,12,14-16,18,20-21,24,27-29,31,34,37,39-40,42,44-46H2,1-2H3,(H,55,58)/b7-5-,13-11-,19-17-,23-22-,26-25-,32-30-,35-33+,38-36-,43-41+. The van der Waals surface area contributed by atoms with Gasteiger partial charge in [-0.2, -0.15) is 0 Å². The summed E-state index contributed by atoms with van der Waals surface area (Å²) in [6.07, 6.45) is 55.7. The molecule has 0 aromatic heterocycles. The molecule has 1 aliphatic rings. The van der Waals surface area contributed by atoms with Gasteiger partial charge in [0.05, 0.1) is 25.4 Å². The zero-order chi connectivity index (χ0) is 45.9. The van der Waals surface area contributed by atoms with Gasteiger partial charge in [-0.1, -0.05) is 187 Å². The minimum Gasteiger partial charge on any atom is -0.394 e. The average Bonchev–Trinajstić information content (AvgIpc) is 3.28. The average molecular weight is 880 g/mol. The summed E-state index contributed by atoms with van der Waals surface area (Å²) >= 11 is 0. The Morgan fingerprint density at radius 2 is 1.00 bits per heavy atom. The first-order valence-corrected chi connectivity index (χ1v) is 24.6. The minimum atomic E-state index is -1.59. The van der Waals surface area contributed by atoms with Crippen molar-refractivity contribution < 1.29 is 39.8 Å². The molecule has 9 heteroatoms. The van der Waals surface area contributed by atoms with Gasteiger partial charge in [0.1, 0.15) is 24.4 Å². The fourth-order valence-electron chi connectivity index (χ4n) is 6.92. The quantitative estimate of drug-likeness (QED) is 0.0264. The smallest absolute Gasteiger partial charge is 0.220 e. The van der Waals surface area contributed by atoms with E-state index in [1.807, 2.05) is 6.08 Å². The molecule has 0 aliphatic carbocycles. The zero-order valence-corrected chi connectivity index (χ0v) is 39.3. The van der Waals surface area contributed by atoms with Crippen LogP contribution in [0.5, 0.6) is 0 Å². The van der Waals surface area contributed by atoms with Crippen LogP contribution >= 0.6 is 0 Å². The van der Waals surface area contributed by atoms with E-state index >= 15 is 0 Å². The van der Waals surface area contributed by atoms with Gasteiger partial charge < -0.3 is 40.3 Å². The third-order valence-electron chi connectivity index (χ3n) is 10.8. The van der Waals surface area contributed by atoms with Crippen molar-refractivity contribution >= 4 is 5.91 Å². The normalized spacial score (nSPS) is 21.2. The summed E-state index contributed by atoms with van der Waals surface area (Å²) in [5, 5.41) is 54.2. The lowest BCUT2D eigenvalue weighted by Gasteiger charge is -2.40. The molecule has 1 aliphatic heterocycles. The van der Waals surface area contributed by atoms with Gasteiger partial charge >= 0.3 is 0 Å². The summed E-state index contributed by atoms with van der Waals surface area (Å²) in [5.41, 5.74) is 0. The summed E-state index contributed by atoms with van der Waals surface area (Å²) in [4.78, 5) is 13.0. The van der Waals surface area contributed by atoms with E-state index in [1.54, 1.807) is 6.08 Å². The first-order chi connectivity index (χ1) is 30.8. The van der Waals surface area contributed by atoms with Gasteiger partial charge in [-0.3, -0.25) is 4.79 Å². The number of nitrogens with one attached hydrogen (secondary N) is 1. The van der Waals surface area contributed by atoms with Crippen LogP contribution in [-0.4, -0.2) is 87.5 Å². The lowest BCUT2D eigenvalue weighted by Crippen LogP contribution is -2.60. The van der Waals surface area contributed by atoms with Crippen molar-refractivity contribution in [3.8, 4) is 0 Å². The van der Waals surface area contributed by atoms with E-state index in [0.29, 0.717) is 6.42 Å². The maximum absolute atomic E-state index is 13.0. The van der Waals surface area contributed by atoms with Gasteiger partial charge in [0.25, 0.3) is 0 Å². The predicted molar refractivity (Wildman–Crippen MR) is 262 cm³/mol. The molecule has 0 aromatic carbocycles. The summed E-state index contributed by atoms with van der Waals surface area (Å²) in [5.74, 6) is -0.249. The number of allylic oxidation sites excluding steroid dienone is 17. The number of aliphatic hydroxyl groups excluding tert-OH is 5. The topological polar surface area (TPSA) is 149 Å². The number of hydrogen-bond acceptors (Lipinski definition) is 8. The van der Waals surface area contributed by atoms with Gasteiger partial charge in [-0.25, -0.2) is 0 Å². The van der Waals surface area contributed by atoms with Crippen LogP contribution in [0.25, 0.3) is 0 Å². The van der Waals surface area contributed by atoms with Crippen molar-refractivity contribution in [2.24, 2.45) is 0 Å². The number of amides is 1. The molecular formula is C54H89NO8. The van der Waals surface area contributed by atoms with Crippen molar-refractivity contribution in [2.75, 3.05) is 13.2 Å². The Bertz CT molecular complexity index is 1340. The van der Waals surface area contributed by atoms with Crippen LogP contribution in [0.2, 0.25) is 0 Å². The summed E-state index contributed by atoms with van der Waals surface area (Å²) in [6, 6.07) is -0.860. The van der Waals surface area contributed by atoms with Gasteiger partial charge in [0, 0.05) is 6.42 Å². The second-order valence-electron chi connectivity index (χ2n) is 16.5. The molecule has 7 atom stereocenters. The number of hydrogen-bond donors (Lipinski definition) is 6. The molecular weight excluding hydrogens is 791 g/mol. The number of carbonyl (C=O) groups excluding carboxylic acids is 1. The highest BCUT2D eigenvalue weighted by atomic mass is 16.7. The van der Waals surface area contributed by atoms with Crippen LogP contribution in [0.3, 0.4) is 0 Å². The number of ether oxygens (including phenoxy) is 2. The Balaban J connectivity index is 2.41. The Kier molecular flexibility index (Phi) is 39.3. The largest absolute Gasteiger partial charge is 0.394 e. The van der Waals surface area contributed by atoms with E-state index in [4.69, 9.17) is 9.47 Å². The molecule has 1 amide bonds. The van der Waals surface area contributed by atoms with Gasteiger partial charge in [-0.15, -0.1) is 0 Å². The highest BCUT2D eigenvalue weighted by Gasteiger charge is 2.44. The molecule has 0 saturated carbocycles. The van der Waals surface area contributed by atoms with Crippen LogP contribution in [0.15, 0.2) is 109 Å². The molecule has 1 fully saturated rings. The minimum absolute atomic E-state index is 0.231. The first-order valence-electron chi connectivity index (χ1n) is 24.6. The van der Waals surface area contributed by atoms with Crippen molar-refractivity contribution in [2.45, 2.75) is 211 Å². The number of unbranched alkanes of at least 4 members (excludes halogenated alkanes) is 13. The Labute approximate surface area is 383 Å². The van der Waals surface area contributed by atoms with Crippen LogP contribution in [0, 0.1) is 0 Å². The van der Waals surface area contributed by atoms with E-state index < -0.39 is 49.5 Å². The molecule has 9 nitrogen and oxygen atoms in total. The van der Waals surface area contributed by atoms with E-state index in [9.17, 15) is 30.3 Å². The van der Waals surface area contributed by atoms with E-state index in [1.165, 1.54) is 70.6 Å². The number of rotatable bonds is 39. The maximum Gasteiger partial charge on any atom is 0.220 e. The Morgan fingerprint density at radius 1 is 0.556 bits per heavy atom. The summed E-state index contributed by atoms with van der Waals surface area (Å²) in [7, 11) is 0. The molecule has 1 saturated heterocycles. The molecule has 63 heavy (non-hydrogen) atoms. The lowest BCUT2D eigenvalue weighted by atomic mass is 9.99. The first kappa shape index (κ1) is 57.9. The Morgan fingerprint density at radius 3 is 1.52 bits per heavy atom. The van der Waals surface area contributed by atoms with Gasteiger partial charge in [0.15, 0.2) is 6.29 Å². The third-order valence-corrected chi connectivity index (χ3v) is 10.8. The molecule has 1 rings (SSSR count). The molecule has 0 aromatic rings. The highest BCUT2D eigenvalue weighted by Crippen LogP contribution is 2.22. The van der Waals surface area contributed by atoms with Gasteiger partial charge in [0.2, 0.25) is 5.91 Å². The SMILES string of the molecule is CC/C=C\C/C=C\C/C=C\C/C=C\C/C=C\C/C=C\C/C=C\CCCC(=O)NC(COC1OC(CO)C(O)C(O)C1O)C(O)/C=C/CC/C=C/CCCCCCCCCCCCC. The maximum atomic E-state index is 13.0. The van der Waals surface area contributed by atoms with Crippen LogP contribution in [0.4, 0.5) is 0 Å². The monoisotopic (exact) mass is 880 g/mol. The van der Waals surface area contributed by atoms with Crippen LogP contribution in [-0.2, 0) is 14.3 Å². The van der Waals surface area contributed by atoms with E-state index in [-0.39, 0.29) is 18.9 Å². The fourth-order valence-corrected chi connectivity index (χ4v) is 6.92. The molecule has 0 radical (unpaired) electrons. The number of carbonyl (C=O) groups is 1. The molecule has 0 bridgehead atoms. The summed E-state index contributed by atoms with van der Waals surface area (Å²) in [6.45, 7) is 3.59. The lowest BCUT2D eigenvalue weighted by molar-refractivity contribution is -0.302. The Hall–Kier alpha value is -3.15. The van der Waals surface area contributed by atoms with Crippen molar-refractivity contribution in [3.05, 3.63) is 109 Å². The third kappa shape index (κ3) is 33.1. The number of aliphatic hydroxyl groups is 5. The molecule has 358 valence electrons. The van der Waals surface area contributed by atoms with Crippen molar-refractivity contribution in [3.63, 3.8) is 0 Å². The van der Waals surface area contributed by atoms with E-state index in [0.717, 1.165) is 70.6 Å². The molecule has 7 unspecified atom stereocenters. The van der Waals surface area contributed by atoms with Crippen LogP contribution in [0.1, 0.15) is 168 Å². The molecule has 1 heterocycles. The summed E-state index contributed by atoms with van der Waals surface area (Å²) < 4.78 is 11.2. The fraction of sp³-hybridized carbons (Fsp3) is 0.648. The zero-order valence-electron chi connectivity index (χ0n) is 39.3. The van der Waals surface area contributed by atoms with E-state index in [2.05, 4.69) is 116 Å². The van der Waals surface area contributed by atoms with Gasteiger partial charge in [-0.05, 0) is 83.5 Å². The predicted octanol–water partition coefficient (Wildman–Crippen LogP) is 11.1. The molecule has 6 N–H and O–H groups in total. The van der Waals surface area contributed by atoms with Crippen LogP contribution < -0.4 is 5.32 Å². The molecule has 0 spiro atoms.